The molecule has 0 bridgehead atoms. The minimum absolute atomic E-state index is 0.0237. The summed E-state index contributed by atoms with van der Waals surface area (Å²) in [5.74, 6) is -3.99. The molecular weight excluding hydrogens is 418 g/mol. The summed E-state index contributed by atoms with van der Waals surface area (Å²) in [4.78, 5) is 45.5. The SMILES string of the molecule is Nc1cc(C(=O)O)ccc1C(=O)[O][Al+][O][Al+][O]C(=O)c1ccc(C(=O)O)cc1N. The second kappa shape index (κ2) is 9.93. The van der Waals surface area contributed by atoms with Gasteiger partial charge in [-0.3, -0.25) is 0 Å². The van der Waals surface area contributed by atoms with Gasteiger partial charge in [0.1, 0.15) is 0 Å². The van der Waals surface area contributed by atoms with Gasteiger partial charge in [-0.05, 0) is 0 Å². The van der Waals surface area contributed by atoms with Gasteiger partial charge in [-0.2, -0.15) is 0 Å². The molecule has 11 nitrogen and oxygen atoms in total. The third-order valence-corrected chi connectivity index (χ3v) is 4.97. The van der Waals surface area contributed by atoms with Crippen molar-refractivity contribution in [2.24, 2.45) is 0 Å². The summed E-state index contributed by atoms with van der Waals surface area (Å²) in [5.41, 5.74) is 10.9. The summed E-state index contributed by atoms with van der Waals surface area (Å²) in [6.45, 7) is 0. The van der Waals surface area contributed by atoms with Crippen LogP contribution in [0.2, 0.25) is 0 Å². The molecule has 0 aliphatic carbocycles. The molecule has 0 fully saturated rings. The number of anilines is 2. The average Bonchev–Trinajstić information content (AvgIpc) is 2.66. The Morgan fingerprint density at radius 1 is 0.724 bits per heavy atom. The maximum atomic E-state index is 11.9. The maximum absolute atomic E-state index is 11.9. The summed E-state index contributed by atoms with van der Waals surface area (Å²) in [6, 6.07) is 7.11. The molecule has 0 atom stereocenters. The van der Waals surface area contributed by atoms with Crippen molar-refractivity contribution in [3.05, 3.63) is 58.7 Å². The predicted molar refractivity (Wildman–Crippen MR) is 99.1 cm³/mol. The zero-order valence-corrected chi connectivity index (χ0v) is 16.8. The van der Waals surface area contributed by atoms with Crippen LogP contribution in [-0.4, -0.2) is 65.9 Å². The number of nitrogens with two attached hydrogens (primary N) is 2. The number of rotatable bonds is 8. The van der Waals surface area contributed by atoms with E-state index in [0.717, 1.165) is 12.1 Å². The molecule has 144 valence electrons. The van der Waals surface area contributed by atoms with E-state index >= 15 is 0 Å². The van der Waals surface area contributed by atoms with Crippen LogP contribution in [-0.2, 0) is 10.4 Å². The number of carboxylic acid groups (broad SMARTS) is 2. The molecule has 0 unspecified atom stereocenters. The van der Waals surface area contributed by atoms with Crippen LogP contribution in [0.15, 0.2) is 36.4 Å². The van der Waals surface area contributed by atoms with Crippen molar-refractivity contribution in [1.82, 2.24) is 0 Å². The molecule has 29 heavy (non-hydrogen) atoms. The molecule has 0 aliphatic rings. The number of benzene rings is 2. The molecule has 2 rings (SSSR count). The second-order valence-electron chi connectivity index (χ2n) is 5.35. The van der Waals surface area contributed by atoms with Gasteiger partial charge >= 0.3 is 177 Å². The first-order valence-corrected chi connectivity index (χ1v) is 9.55. The quantitative estimate of drug-likeness (QED) is 0.257. The van der Waals surface area contributed by atoms with Gasteiger partial charge in [-0.25, -0.2) is 0 Å². The Bertz CT molecular complexity index is 903. The molecule has 0 saturated carbocycles. The standard InChI is InChI=1S/2C8H7NO4.2Al.O/c2*9-6-3-4(7(10)11)1-2-5(6)8(12)13;;;/h2*1-3H,9H2,(H,10,11)(H,12,13);;;/q;;2*+2;/p-2. The van der Waals surface area contributed by atoms with Crippen LogP contribution in [0.3, 0.4) is 0 Å². The fourth-order valence-corrected chi connectivity index (χ4v) is 3.11. The van der Waals surface area contributed by atoms with Crippen LogP contribution in [0.5, 0.6) is 0 Å². The van der Waals surface area contributed by atoms with E-state index in [1.54, 1.807) is 0 Å². The van der Waals surface area contributed by atoms with Crippen molar-refractivity contribution >= 4 is 67.0 Å². The van der Waals surface area contributed by atoms with Crippen molar-refractivity contribution in [2.45, 2.75) is 0 Å². The number of hydrogen-bond acceptors (Lipinski definition) is 9. The number of nitrogen functional groups attached to an aromatic ring is 2. The van der Waals surface area contributed by atoms with Gasteiger partial charge in [0.25, 0.3) is 0 Å². The fraction of sp³-hybridized carbons (Fsp3) is 0. The van der Waals surface area contributed by atoms with Crippen molar-refractivity contribution in [1.29, 1.82) is 0 Å². The molecule has 6 N–H and O–H groups in total. The summed E-state index contributed by atoms with van der Waals surface area (Å²) < 4.78 is 14.8. The van der Waals surface area contributed by atoms with E-state index in [4.69, 9.17) is 32.1 Å². The molecule has 2 aromatic carbocycles. The molecular formula is C16H12Al2N2O9+2. The Morgan fingerprint density at radius 2 is 1.10 bits per heavy atom. The Labute approximate surface area is 176 Å². The normalized spacial score (nSPS) is 9.66. The third-order valence-electron chi connectivity index (χ3n) is 3.46. The van der Waals surface area contributed by atoms with Gasteiger partial charge in [-0.15, -0.1) is 0 Å². The van der Waals surface area contributed by atoms with Crippen LogP contribution in [0, 0.1) is 0 Å². The molecule has 0 heterocycles. The van der Waals surface area contributed by atoms with Crippen molar-refractivity contribution in [3.63, 3.8) is 0 Å². The van der Waals surface area contributed by atoms with Crippen LogP contribution >= 0.6 is 0 Å². The Morgan fingerprint density at radius 3 is 1.41 bits per heavy atom. The average molecular weight is 430 g/mol. The molecule has 0 amide bonds. The van der Waals surface area contributed by atoms with E-state index < -0.39 is 55.7 Å². The number of hydrogen-bond donors (Lipinski definition) is 4. The molecule has 0 aliphatic heterocycles. The van der Waals surface area contributed by atoms with E-state index in [1.807, 2.05) is 0 Å². The van der Waals surface area contributed by atoms with Gasteiger partial charge in [0, 0.05) is 0 Å². The number of carbonyl (C=O) groups is 4. The van der Waals surface area contributed by atoms with Crippen LogP contribution in [0.4, 0.5) is 11.4 Å². The monoisotopic (exact) mass is 430 g/mol. The Hall–Kier alpha value is -3.06. The Kier molecular flexibility index (Phi) is 7.62. The molecule has 13 heteroatoms. The molecule has 0 aromatic heterocycles. The first-order valence-electron chi connectivity index (χ1n) is 7.67. The topological polar surface area (TPSA) is 188 Å². The predicted octanol–water partition coefficient (Wildman–Crippen LogP) is 0.346. The van der Waals surface area contributed by atoms with Gasteiger partial charge in [0.15, 0.2) is 0 Å². The summed E-state index contributed by atoms with van der Waals surface area (Å²) >= 11 is -2.64. The van der Waals surface area contributed by atoms with E-state index in [-0.39, 0.29) is 33.6 Å². The molecule has 0 spiro atoms. The van der Waals surface area contributed by atoms with Crippen LogP contribution in [0.1, 0.15) is 41.4 Å². The second-order valence-corrected chi connectivity index (χ2v) is 7.30. The third kappa shape index (κ3) is 5.96. The zero-order valence-electron chi connectivity index (χ0n) is 14.5. The first kappa shape index (κ1) is 22.2. The first-order chi connectivity index (χ1) is 13.7. The number of carbonyl (C=O) groups excluding carboxylic acids is 2. The van der Waals surface area contributed by atoms with Crippen LogP contribution < -0.4 is 11.5 Å². The molecule has 0 saturated heterocycles. The fourth-order valence-electron chi connectivity index (χ4n) is 2.06. The van der Waals surface area contributed by atoms with Gasteiger partial charge < -0.3 is 0 Å². The number of carboxylic acids is 2. The number of aromatic carboxylic acids is 2. The Balaban J connectivity index is 1.81. The van der Waals surface area contributed by atoms with E-state index in [1.165, 1.54) is 24.3 Å². The van der Waals surface area contributed by atoms with Gasteiger partial charge in [0.05, 0.1) is 0 Å². The van der Waals surface area contributed by atoms with E-state index in [9.17, 15) is 19.2 Å². The zero-order chi connectivity index (χ0) is 21.6. The van der Waals surface area contributed by atoms with E-state index in [0.29, 0.717) is 0 Å². The van der Waals surface area contributed by atoms with Crippen LogP contribution in [0.25, 0.3) is 0 Å². The summed E-state index contributed by atoms with van der Waals surface area (Å²) in [7, 11) is 0. The summed E-state index contributed by atoms with van der Waals surface area (Å²) in [6.07, 6.45) is 0. The van der Waals surface area contributed by atoms with Crippen molar-refractivity contribution in [3.8, 4) is 0 Å². The molecule has 2 aromatic rings. The minimum atomic E-state index is -1.32. The van der Waals surface area contributed by atoms with Crippen molar-refractivity contribution < 1.29 is 39.8 Å². The van der Waals surface area contributed by atoms with E-state index in [2.05, 4.69) is 0 Å². The van der Waals surface area contributed by atoms with Crippen molar-refractivity contribution in [2.75, 3.05) is 11.5 Å². The molecule has 0 radical (unpaired) electrons. The van der Waals surface area contributed by atoms with Gasteiger partial charge in [-0.1, -0.05) is 0 Å². The van der Waals surface area contributed by atoms with Gasteiger partial charge in [0.2, 0.25) is 0 Å². The summed E-state index contributed by atoms with van der Waals surface area (Å²) in [5, 5.41) is 17.7.